The molecular formula is C13H23BO5. The van der Waals surface area contributed by atoms with Crippen LogP contribution >= 0.6 is 0 Å². The lowest BCUT2D eigenvalue weighted by Gasteiger charge is -2.32. The summed E-state index contributed by atoms with van der Waals surface area (Å²) in [4.78, 5) is 10.3. The van der Waals surface area contributed by atoms with Crippen molar-refractivity contribution in [1.29, 1.82) is 0 Å². The van der Waals surface area contributed by atoms with Gasteiger partial charge in [-0.15, -0.1) is 0 Å². The predicted molar refractivity (Wildman–Crippen MR) is 72.9 cm³/mol. The summed E-state index contributed by atoms with van der Waals surface area (Å²) in [5, 5.41) is 8.46. The summed E-state index contributed by atoms with van der Waals surface area (Å²) in [6.45, 7) is 8.89. The topological polar surface area (TPSA) is 65.0 Å². The Morgan fingerprint density at radius 2 is 1.84 bits per heavy atom. The molecule has 19 heavy (non-hydrogen) atoms. The van der Waals surface area contributed by atoms with Crippen LogP contribution < -0.4 is 0 Å². The van der Waals surface area contributed by atoms with E-state index >= 15 is 0 Å². The zero-order valence-corrected chi connectivity index (χ0v) is 12.1. The lowest BCUT2D eigenvalue weighted by molar-refractivity contribution is -0.137. The van der Waals surface area contributed by atoms with E-state index in [1.165, 1.54) is 0 Å². The van der Waals surface area contributed by atoms with E-state index in [1.54, 1.807) is 0 Å². The number of ether oxygens (including phenoxy) is 1. The standard InChI is InChI=1S/C13H23BO5/c1-12(2)13(3,4)19-14(18-12)8-6-10-17-9-5-7-11(15)16/h6,8H,5,7,9-10H2,1-4H3,(H,15,16)/b8-6+. The Bertz CT molecular complexity index is 322. The van der Waals surface area contributed by atoms with Crippen LogP contribution in [0.4, 0.5) is 0 Å². The summed E-state index contributed by atoms with van der Waals surface area (Å²) in [6, 6.07) is 0. The molecule has 1 aliphatic heterocycles. The monoisotopic (exact) mass is 270 g/mol. The predicted octanol–water partition coefficient (Wildman–Crippen LogP) is 2.06. The highest BCUT2D eigenvalue weighted by Gasteiger charge is 2.49. The molecule has 0 atom stereocenters. The van der Waals surface area contributed by atoms with Crippen molar-refractivity contribution in [2.24, 2.45) is 0 Å². The van der Waals surface area contributed by atoms with Crippen LogP contribution in [-0.2, 0) is 18.8 Å². The van der Waals surface area contributed by atoms with Gasteiger partial charge in [-0.2, -0.15) is 0 Å². The maximum absolute atomic E-state index is 10.3. The van der Waals surface area contributed by atoms with E-state index in [0.717, 1.165) is 0 Å². The van der Waals surface area contributed by atoms with E-state index in [1.807, 2.05) is 39.7 Å². The molecule has 1 saturated heterocycles. The summed E-state index contributed by atoms with van der Waals surface area (Å²) in [6.07, 6.45) is 2.50. The molecule has 0 unspecified atom stereocenters. The Morgan fingerprint density at radius 1 is 1.26 bits per heavy atom. The molecular weight excluding hydrogens is 247 g/mol. The molecule has 1 N–H and O–H groups in total. The number of carboxylic acids is 1. The van der Waals surface area contributed by atoms with E-state index in [0.29, 0.717) is 19.6 Å². The fourth-order valence-electron chi connectivity index (χ4n) is 1.61. The fourth-order valence-corrected chi connectivity index (χ4v) is 1.61. The van der Waals surface area contributed by atoms with Crippen molar-refractivity contribution in [3.63, 3.8) is 0 Å². The fraction of sp³-hybridized carbons (Fsp3) is 0.769. The number of carboxylic acid groups (broad SMARTS) is 1. The molecule has 0 bridgehead atoms. The molecule has 6 heteroatoms. The minimum Gasteiger partial charge on any atom is -0.481 e. The number of aliphatic carboxylic acids is 1. The maximum Gasteiger partial charge on any atom is 0.486 e. The van der Waals surface area contributed by atoms with Crippen LogP contribution in [0.25, 0.3) is 0 Å². The van der Waals surface area contributed by atoms with E-state index in [9.17, 15) is 4.79 Å². The first-order chi connectivity index (χ1) is 8.74. The average Bonchev–Trinajstić information content (AvgIpc) is 2.45. The first kappa shape index (κ1) is 16.2. The summed E-state index contributed by atoms with van der Waals surface area (Å²) in [5.74, 6) is 1.03. The second-order valence-electron chi connectivity index (χ2n) is 5.63. The van der Waals surface area contributed by atoms with Gasteiger partial charge in [0.05, 0.1) is 17.8 Å². The van der Waals surface area contributed by atoms with E-state index < -0.39 is 5.97 Å². The van der Waals surface area contributed by atoms with Crippen LogP contribution in [0.3, 0.4) is 0 Å². The molecule has 0 amide bonds. The quantitative estimate of drug-likeness (QED) is 0.566. The third-order valence-corrected chi connectivity index (χ3v) is 3.46. The molecule has 1 heterocycles. The number of carbonyl (C=O) groups is 1. The van der Waals surface area contributed by atoms with Crippen molar-refractivity contribution >= 4 is 13.1 Å². The zero-order chi connectivity index (χ0) is 14.5. The Balaban J connectivity index is 2.19. The molecule has 0 radical (unpaired) electrons. The van der Waals surface area contributed by atoms with Gasteiger partial charge in [-0.3, -0.25) is 4.79 Å². The molecule has 1 fully saturated rings. The summed E-state index contributed by atoms with van der Waals surface area (Å²) < 4.78 is 16.8. The van der Waals surface area contributed by atoms with Gasteiger partial charge < -0.3 is 19.2 Å². The molecule has 5 nitrogen and oxygen atoms in total. The molecule has 0 saturated carbocycles. The van der Waals surface area contributed by atoms with Gasteiger partial charge in [0.2, 0.25) is 0 Å². The highest BCUT2D eigenvalue weighted by atomic mass is 16.7. The average molecular weight is 270 g/mol. The van der Waals surface area contributed by atoms with E-state index in [4.69, 9.17) is 19.2 Å². The minimum absolute atomic E-state index is 0.140. The van der Waals surface area contributed by atoms with Crippen molar-refractivity contribution in [2.75, 3.05) is 13.2 Å². The minimum atomic E-state index is -0.795. The van der Waals surface area contributed by atoms with Crippen LogP contribution in [0.5, 0.6) is 0 Å². The third-order valence-electron chi connectivity index (χ3n) is 3.46. The van der Waals surface area contributed by atoms with Crippen molar-refractivity contribution < 1.29 is 23.9 Å². The van der Waals surface area contributed by atoms with Gasteiger partial charge in [0.15, 0.2) is 0 Å². The lowest BCUT2D eigenvalue weighted by atomic mass is 9.90. The summed E-state index contributed by atoms with van der Waals surface area (Å²) in [7, 11) is -0.354. The van der Waals surface area contributed by atoms with Crippen LogP contribution in [0, 0.1) is 0 Å². The Kier molecular flexibility index (Phi) is 5.58. The zero-order valence-electron chi connectivity index (χ0n) is 12.1. The molecule has 1 aliphatic rings. The number of rotatable bonds is 7. The Morgan fingerprint density at radius 3 is 2.37 bits per heavy atom. The second kappa shape index (κ2) is 6.54. The largest absolute Gasteiger partial charge is 0.486 e. The van der Waals surface area contributed by atoms with E-state index in [-0.39, 0.29) is 24.7 Å². The van der Waals surface area contributed by atoms with Crippen LogP contribution in [-0.4, -0.2) is 42.6 Å². The maximum atomic E-state index is 10.3. The highest BCUT2D eigenvalue weighted by Crippen LogP contribution is 2.36. The summed E-state index contributed by atoms with van der Waals surface area (Å²) >= 11 is 0. The van der Waals surface area contributed by atoms with Crippen molar-refractivity contribution in [3.8, 4) is 0 Å². The van der Waals surface area contributed by atoms with Crippen LogP contribution in [0.1, 0.15) is 40.5 Å². The van der Waals surface area contributed by atoms with Crippen molar-refractivity contribution in [2.45, 2.75) is 51.7 Å². The van der Waals surface area contributed by atoms with Gasteiger partial charge >= 0.3 is 13.1 Å². The third kappa shape index (κ3) is 4.97. The van der Waals surface area contributed by atoms with Gasteiger partial charge in [0, 0.05) is 13.0 Å². The lowest BCUT2D eigenvalue weighted by Crippen LogP contribution is -2.41. The first-order valence-electron chi connectivity index (χ1n) is 6.56. The molecule has 0 aliphatic carbocycles. The van der Waals surface area contributed by atoms with Crippen LogP contribution in [0.15, 0.2) is 12.1 Å². The Labute approximate surface area is 115 Å². The smallest absolute Gasteiger partial charge is 0.481 e. The van der Waals surface area contributed by atoms with Crippen molar-refractivity contribution in [3.05, 3.63) is 12.1 Å². The van der Waals surface area contributed by atoms with Gasteiger partial charge in [-0.25, -0.2) is 0 Å². The highest BCUT2D eigenvalue weighted by molar-refractivity contribution is 6.51. The first-order valence-corrected chi connectivity index (χ1v) is 6.56. The SMILES string of the molecule is CC1(C)OB(/C=C/COCCCC(=O)O)OC1(C)C. The number of hydrogen-bond donors (Lipinski definition) is 1. The van der Waals surface area contributed by atoms with E-state index in [2.05, 4.69) is 0 Å². The molecule has 0 spiro atoms. The van der Waals surface area contributed by atoms with Crippen molar-refractivity contribution in [1.82, 2.24) is 0 Å². The van der Waals surface area contributed by atoms with Gasteiger partial charge in [0.25, 0.3) is 0 Å². The van der Waals surface area contributed by atoms with Gasteiger partial charge in [-0.1, -0.05) is 12.1 Å². The molecule has 0 aromatic carbocycles. The molecule has 0 aromatic rings. The molecule has 0 aromatic heterocycles. The van der Waals surface area contributed by atoms with Crippen LogP contribution in [0.2, 0.25) is 0 Å². The normalized spacial score (nSPS) is 21.2. The number of hydrogen-bond acceptors (Lipinski definition) is 4. The van der Waals surface area contributed by atoms with Gasteiger partial charge in [0.1, 0.15) is 0 Å². The second-order valence-corrected chi connectivity index (χ2v) is 5.63. The van der Waals surface area contributed by atoms with Gasteiger partial charge in [-0.05, 0) is 34.1 Å². The molecule has 108 valence electrons. The molecule has 1 rings (SSSR count). The summed E-state index contributed by atoms with van der Waals surface area (Å²) in [5.41, 5.74) is -0.658. The Hall–Kier alpha value is -0.845.